The van der Waals surface area contributed by atoms with E-state index in [2.05, 4.69) is 84.9 Å². The van der Waals surface area contributed by atoms with Crippen LogP contribution in [0.15, 0.2) is 93.3 Å². The Bertz CT molecular complexity index is 1330. The van der Waals surface area contributed by atoms with Gasteiger partial charge in [0.25, 0.3) is 0 Å². The molecule has 1 aromatic heterocycles. The summed E-state index contributed by atoms with van der Waals surface area (Å²) in [5, 5.41) is 7.15. The van der Waals surface area contributed by atoms with Gasteiger partial charge in [0.05, 0.1) is 5.66 Å². The maximum Gasteiger partial charge on any atom is 0.224 e. The highest BCUT2D eigenvalue weighted by Gasteiger charge is 2.19. The van der Waals surface area contributed by atoms with Gasteiger partial charge in [-0.15, -0.1) is 0 Å². The highest BCUT2D eigenvalue weighted by atomic mass is 31.1. The average molecular weight is 382 g/mol. The summed E-state index contributed by atoms with van der Waals surface area (Å²) in [6, 6.07) is 25.6. The van der Waals surface area contributed by atoms with E-state index in [-0.39, 0.29) is 0 Å². The lowest BCUT2D eigenvalue weighted by atomic mass is 9.99. The first-order valence-corrected chi connectivity index (χ1v) is 11.0. The third-order valence-corrected chi connectivity index (χ3v) is 7.39. The molecule has 0 N–H and O–H groups in total. The van der Waals surface area contributed by atoms with Crippen LogP contribution in [0.3, 0.4) is 0 Å². The van der Waals surface area contributed by atoms with Gasteiger partial charge in [-0.25, -0.2) is 0 Å². The molecule has 1 aliphatic rings. The Morgan fingerprint density at radius 3 is 1.79 bits per heavy atom. The number of allylic oxidation sites excluding steroid dienone is 2. The number of hydrogen-bond donors (Lipinski definition) is 0. The molecule has 0 aliphatic heterocycles. The van der Waals surface area contributed by atoms with Gasteiger partial charge in [0.2, 0.25) is 8.01 Å². The van der Waals surface area contributed by atoms with Crippen LogP contribution in [0.2, 0.25) is 0 Å². The van der Waals surface area contributed by atoms with Crippen molar-refractivity contribution in [1.82, 2.24) is 0 Å². The molecule has 0 fully saturated rings. The van der Waals surface area contributed by atoms with Crippen LogP contribution in [0.1, 0.15) is 18.5 Å². The lowest BCUT2D eigenvalue weighted by Gasteiger charge is -2.05. The fourth-order valence-corrected chi connectivity index (χ4v) is 5.93. The summed E-state index contributed by atoms with van der Waals surface area (Å²) in [7, 11) is -1.07. The van der Waals surface area contributed by atoms with Crippen molar-refractivity contribution in [3.05, 3.63) is 84.9 Å². The van der Waals surface area contributed by atoms with Crippen molar-refractivity contribution < 1.29 is 8.39 Å². The second kappa shape index (κ2) is 6.29. The topological polar surface area (TPSA) is 26.3 Å². The van der Waals surface area contributed by atoms with Crippen molar-refractivity contribution in [2.45, 2.75) is 18.5 Å². The normalized spacial score (nSPS) is 16.5. The third kappa shape index (κ3) is 2.42. The van der Waals surface area contributed by atoms with Gasteiger partial charge in [0, 0.05) is 10.8 Å². The third-order valence-electron chi connectivity index (χ3n) is 5.67. The fourth-order valence-electron chi connectivity index (χ4n) is 4.31. The second-order valence-corrected chi connectivity index (χ2v) is 8.96. The Labute approximate surface area is 163 Å². The quantitative estimate of drug-likeness (QED) is 0.272. The molecule has 4 aromatic carbocycles. The highest BCUT2D eigenvalue weighted by Crippen LogP contribution is 2.49. The van der Waals surface area contributed by atoms with E-state index in [9.17, 15) is 0 Å². The monoisotopic (exact) mass is 382 g/mol. The molecular formula is C25H19O2P. The zero-order valence-electron chi connectivity index (χ0n) is 15.3. The number of benzene rings is 4. The van der Waals surface area contributed by atoms with Crippen LogP contribution in [0.5, 0.6) is 0 Å². The van der Waals surface area contributed by atoms with E-state index in [1.165, 1.54) is 21.5 Å². The Morgan fingerprint density at radius 2 is 1.25 bits per heavy atom. The van der Waals surface area contributed by atoms with Gasteiger partial charge in [0.15, 0.2) is 0 Å². The molecule has 0 saturated carbocycles. The van der Waals surface area contributed by atoms with Crippen molar-refractivity contribution in [2.75, 3.05) is 0 Å². The predicted octanol–water partition coefficient (Wildman–Crippen LogP) is 8.49. The van der Waals surface area contributed by atoms with E-state index in [1.54, 1.807) is 0 Å². The van der Waals surface area contributed by atoms with Gasteiger partial charge in [-0.2, -0.15) is 0 Å². The Balaban J connectivity index is 1.91. The molecule has 0 bridgehead atoms. The number of rotatable bonds is 1. The molecule has 0 saturated heterocycles. The SMILES string of the molecule is C1=C[C@@H](p2oc3ccc4ccccc4c3c3c(ccc4ccccc43)o2)CC1. The van der Waals surface area contributed by atoms with E-state index in [0.29, 0.717) is 5.66 Å². The summed E-state index contributed by atoms with van der Waals surface area (Å²) >= 11 is 0. The number of fused-ring (bicyclic) bond motifs is 7. The molecule has 0 amide bonds. The van der Waals surface area contributed by atoms with Crippen LogP contribution < -0.4 is 0 Å². The highest BCUT2D eigenvalue weighted by molar-refractivity contribution is 7.37. The van der Waals surface area contributed by atoms with E-state index in [4.69, 9.17) is 8.39 Å². The van der Waals surface area contributed by atoms with Crippen LogP contribution in [0.4, 0.5) is 0 Å². The van der Waals surface area contributed by atoms with E-state index in [1.807, 2.05) is 0 Å². The zero-order valence-corrected chi connectivity index (χ0v) is 16.2. The van der Waals surface area contributed by atoms with Crippen molar-refractivity contribution >= 4 is 51.5 Å². The van der Waals surface area contributed by atoms with Crippen LogP contribution in [-0.4, -0.2) is 0 Å². The predicted molar refractivity (Wildman–Crippen MR) is 119 cm³/mol. The first kappa shape index (κ1) is 16.0. The minimum absolute atomic E-state index is 0.340. The molecule has 0 unspecified atom stereocenters. The minimum atomic E-state index is -1.07. The van der Waals surface area contributed by atoms with Crippen molar-refractivity contribution in [3.8, 4) is 0 Å². The maximum atomic E-state index is 6.57. The molecule has 1 aliphatic carbocycles. The van der Waals surface area contributed by atoms with Crippen LogP contribution >= 0.6 is 8.01 Å². The standard InChI is InChI=1S/C25H19O2P/c1-5-11-20-17(7-1)13-15-22-24(20)25-21-12-6-2-8-18(21)14-16-23(25)27-28(26-22)19-9-3-4-10-19/h1-3,5-9,11-16,19H,4,10H2/t19-/m1/s1. The molecule has 6 rings (SSSR count). The average Bonchev–Trinajstić information content (AvgIpc) is 3.22. The van der Waals surface area contributed by atoms with Gasteiger partial charge >= 0.3 is 0 Å². The van der Waals surface area contributed by atoms with Crippen LogP contribution in [0.25, 0.3) is 43.5 Å². The molecule has 28 heavy (non-hydrogen) atoms. The summed E-state index contributed by atoms with van der Waals surface area (Å²) in [6.07, 6.45) is 6.70. The summed E-state index contributed by atoms with van der Waals surface area (Å²) in [6.45, 7) is 0. The molecule has 0 spiro atoms. The van der Waals surface area contributed by atoms with Gasteiger partial charge in [0.1, 0.15) is 11.2 Å². The van der Waals surface area contributed by atoms with Crippen molar-refractivity contribution in [2.24, 2.45) is 0 Å². The second-order valence-electron chi connectivity index (χ2n) is 7.36. The Morgan fingerprint density at radius 1 is 0.679 bits per heavy atom. The Kier molecular flexibility index (Phi) is 3.60. The molecule has 1 atom stereocenters. The smallest absolute Gasteiger partial charge is 0.224 e. The lowest BCUT2D eigenvalue weighted by Crippen LogP contribution is -1.79. The van der Waals surface area contributed by atoms with E-state index < -0.39 is 8.01 Å². The van der Waals surface area contributed by atoms with Crippen molar-refractivity contribution in [1.29, 1.82) is 0 Å². The Hall–Kier alpha value is -2.96. The molecule has 3 heteroatoms. The molecule has 0 radical (unpaired) electrons. The first-order valence-electron chi connectivity index (χ1n) is 9.74. The van der Waals surface area contributed by atoms with Crippen LogP contribution in [0, 0.1) is 0 Å². The summed E-state index contributed by atoms with van der Waals surface area (Å²) in [4.78, 5) is 0. The summed E-state index contributed by atoms with van der Waals surface area (Å²) in [5.74, 6) is 0. The number of hydrogen-bond acceptors (Lipinski definition) is 2. The van der Waals surface area contributed by atoms with E-state index in [0.717, 1.165) is 34.8 Å². The maximum absolute atomic E-state index is 6.57. The van der Waals surface area contributed by atoms with Gasteiger partial charge in [-0.05, 0) is 46.5 Å². The van der Waals surface area contributed by atoms with Gasteiger partial charge in [-0.1, -0.05) is 72.8 Å². The zero-order chi connectivity index (χ0) is 18.5. The van der Waals surface area contributed by atoms with Gasteiger partial charge < -0.3 is 8.39 Å². The summed E-state index contributed by atoms with van der Waals surface area (Å²) < 4.78 is 13.1. The van der Waals surface area contributed by atoms with Crippen LogP contribution in [-0.2, 0) is 0 Å². The molecule has 136 valence electrons. The molecule has 2 nitrogen and oxygen atoms in total. The lowest BCUT2D eigenvalue weighted by molar-refractivity contribution is 0.620. The molecular weight excluding hydrogens is 363 g/mol. The fraction of sp³-hybridized carbons (Fsp3) is 0.120. The first-order chi connectivity index (χ1) is 13.9. The van der Waals surface area contributed by atoms with Gasteiger partial charge in [-0.3, -0.25) is 0 Å². The summed E-state index contributed by atoms with van der Waals surface area (Å²) in [5.41, 5.74) is 2.20. The largest absolute Gasteiger partial charge is 0.419 e. The minimum Gasteiger partial charge on any atom is -0.419 e. The van der Waals surface area contributed by atoms with Crippen molar-refractivity contribution in [3.63, 3.8) is 0 Å². The molecule has 5 aromatic rings. The van der Waals surface area contributed by atoms with E-state index >= 15 is 0 Å². The molecule has 1 heterocycles.